The molecule has 0 bridgehead atoms. The number of rotatable bonds is 8. The summed E-state index contributed by atoms with van der Waals surface area (Å²) in [6.07, 6.45) is 4.77. The van der Waals surface area contributed by atoms with E-state index in [1.165, 1.54) is 29.2 Å². The highest BCUT2D eigenvalue weighted by atomic mass is 16.6. The van der Waals surface area contributed by atoms with Gasteiger partial charge < -0.3 is 14.7 Å². The number of pyridine rings is 1. The van der Waals surface area contributed by atoms with Crippen LogP contribution in [0.4, 0.5) is 5.69 Å². The minimum Gasteiger partial charge on any atom is -0.507 e. The summed E-state index contributed by atoms with van der Waals surface area (Å²) >= 11 is 0. The number of amides is 1. The lowest BCUT2D eigenvalue weighted by Crippen LogP contribution is -2.29. The lowest BCUT2D eigenvalue weighted by molar-refractivity contribution is -0.384. The number of aliphatic hydroxyl groups is 1. The molecule has 1 aliphatic rings. The van der Waals surface area contributed by atoms with E-state index in [2.05, 4.69) is 11.6 Å². The summed E-state index contributed by atoms with van der Waals surface area (Å²) in [4.78, 5) is 42.1. The zero-order chi connectivity index (χ0) is 24.9. The highest BCUT2D eigenvalue weighted by Gasteiger charge is 2.46. The van der Waals surface area contributed by atoms with E-state index < -0.39 is 22.7 Å². The molecule has 1 amide bonds. The Labute approximate surface area is 200 Å². The molecule has 0 saturated carbocycles. The van der Waals surface area contributed by atoms with Gasteiger partial charge in [0.05, 0.1) is 16.5 Å². The second-order valence-corrected chi connectivity index (χ2v) is 7.76. The van der Waals surface area contributed by atoms with E-state index in [9.17, 15) is 24.8 Å². The van der Waals surface area contributed by atoms with Gasteiger partial charge in [0, 0.05) is 36.6 Å². The second kappa shape index (κ2) is 10.0. The van der Waals surface area contributed by atoms with Gasteiger partial charge in [0.2, 0.25) is 0 Å². The number of ketones is 1. The standard InChI is InChI=1S/C26H21N3O6/c1-2-14-35-21-11-7-19(8-12-21)24(30)22-23(18-5-9-20(10-6-18)29(33)34)28(26(32)25(22)31)16-17-4-3-13-27-15-17/h2-13,15,23,30H,1,14,16H2/b24-22+/t23-/m1/s1. The number of ether oxygens (including phenoxy) is 1. The Bertz CT molecular complexity index is 1300. The van der Waals surface area contributed by atoms with Crippen molar-refractivity contribution in [3.05, 3.63) is 118 Å². The fourth-order valence-electron chi connectivity index (χ4n) is 3.88. The molecule has 0 radical (unpaired) electrons. The quantitative estimate of drug-likeness (QED) is 0.131. The molecule has 2 heterocycles. The molecule has 3 aromatic rings. The minimum absolute atomic E-state index is 0.0607. The SMILES string of the molecule is C=CCOc1ccc(/C(O)=C2\C(=O)C(=O)N(Cc3cccnc3)[C@@H]2c2ccc([N+](=O)[O-])cc2)cc1. The summed E-state index contributed by atoms with van der Waals surface area (Å²) in [6.45, 7) is 3.96. The van der Waals surface area contributed by atoms with Crippen LogP contribution in [0, 0.1) is 10.1 Å². The third-order valence-corrected chi connectivity index (χ3v) is 5.53. The maximum Gasteiger partial charge on any atom is 0.295 e. The smallest absolute Gasteiger partial charge is 0.295 e. The van der Waals surface area contributed by atoms with Gasteiger partial charge in [-0.15, -0.1) is 0 Å². The van der Waals surface area contributed by atoms with Crippen LogP contribution in [0.15, 0.2) is 91.3 Å². The van der Waals surface area contributed by atoms with E-state index in [0.717, 1.165) is 0 Å². The van der Waals surface area contributed by atoms with E-state index >= 15 is 0 Å². The van der Waals surface area contributed by atoms with Crippen LogP contribution >= 0.6 is 0 Å². The van der Waals surface area contributed by atoms with Crippen LogP contribution in [-0.2, 0) is 16.1 Å². The van der Waals surface area contributed by atoms with Crippen LogP contribution in [0.5, 0.6) is 5.75 Å². The molecule has 1 fully saturated rings. The van der Waals surface area contributed by atoms with E-state index in [1.807, 2.05) is 0 Å². The van der Waals surface area contributed by atoms with Gasteiger partial charge in [0.1, 0.15) is 18.1 Å². The third kappa shape index (κ3) is 4.79. The Morgan fingerprint density at radius 3 is 2.46 bits per heavy atom. The number of hydrogen-bond acceptors (Lipinski definition) is 7. The summed E-state index contributed by atoms with van der Waals surface area (Å²) in [6, 6.07) is 14.5. The van der Waals surface area contributed by atoms with Gasteiger partial charge >= 0.3 is 0 Å². The van der Waals surface area contributed by atoms with Gasteiger partial charge in [-0.1, -0.05) is 18.7 Å². The normalized spacial score (nSPS) is 16.8. The molecule has 1 aliphatic heterocycles. The first-order valence-corrected chi connectivity index (χ1v) is 10.7. The topological polar surface area (TPSA) is 123 Å². The van der Waals surface area contributed by atoms with Crippen LogP contribution in [0.25, 0.3) is 5.76 Å². The molecule has 35 heavy (non-hydrogen) atoms. The molecule has 1 aromatic heterocycles. The van der Waals surface area contributed by atoms with Crippen molar-refractivity contribution in [2.24, 2.45) is 0 Å². The maximum absolute atomic E-state index is 13.1. The fraction of sp³-hybridized carbons (Fsp3) is 0.115. The Morgan fingerprint density at radius 1 is 1.14 bits per heavy atom. The van der Waals surface area contributed by atoms with Crippen molar-refractivity contribution in [2.45, 2.75) is 12.6 Å². The number of nitro groups is 1. The number of benzene rings is 2. The number of hydrogen-bond donors (Lipinski definition) is 1. The average Bonchev–Trinajstić information content (AvgIpc) is 3.13. The first kappa shape index (κ1) is 23.4. The molecule has 9 nitrogen and oxygen atoms in total. The van der Waals surface area contributed by atoms with Gasteiger partial charge in [-0.2, -0.15) is 0 Å². The number of aromatic nitrogens is 1. The molecular formula is C26H21N3O6. The second-order valence-electron chi connectivity index (χ2n) is 7.76. The number of non-ortho nitro benzene ring substituents is 1. The Hall–Kier alpha value is -4.79. The largest absolute Gasteiger partial charge is 0.507 e. The van der Waals surface area contributed by atoms with Crippen molar-refractivity contribution in [3.63, 3.8) is 0 Å². The number of nitro benzene ring substituents is 1. The van der Waals surface area contributed by atoms with E-state index in [0.29, 0.717) is 29.0 Å². The van der Waals surface area contributed by atoms with Crippen LogP contribution in [0.3, 0.4) is 0 Å². The molecule has 4 rings (SSSR count). The zero-order valence-electron chi connectivity index (χ0n) is 18.5. The predicted molar refractivity (Wildman–Crippen MR) is 127 cm³/mol. The van der Waals surface area contributed by atoms with Crippen LogP contribution in [0.2, 0.25) is 0 Å². The van der Waals surface area contributed by atoms with Crippen molar-refractivity contribution in [1.29, 1.82) is 0 Å². The molecule has 1 N–H and O–H groups in total. The summed E-state index contributed by atoms with van der Waals surface area (Å²) in [5.74, 6) is -1.44. The van der Waals surface area contributed by atoms with E-state index in [4.69, 9.17) is 4.74 Å². The van der Waals surface area contributed by atoms with Crippen LogP contribution in [0.1, 0.15) is 22.7 Å². The molecule has 0 unspecified atom stereocenters. The number of nitrogens with zero attached hydrogens (tertiary/aromatic N) is 3. The van der Waals surface area contributed by atoms with E-state index in [-0.39, 0.29) is 23.6 Å². The number of carbonyl (C=O) groups is 2. The average molecular weight is 471 g/mol. The van der Waals surface area contributed by atoms with Gasteiger partial charge in [0.15, 0.2) is 0 Å². The van der Waals surface area contributed by atoms with E-state index in [1.54, 1.807) is 54.9 Å². The lowest BCUT2D eigenvalue weighted by Gasteiger charge is -2.25. The third-order valence-electron chi connectivity index (χ3n) is 5.53. The monoisotopic (exact) mass is 471 g/mol. The Morgan fingerprint density at radius 2 is 1.86 bits per heavy atom. The molecule has 176 valence electrons. The van der Waals surface area contributed by atoms with Crippen molar-refractivity contribution in [2.75, 3.05) is 6.61 Å². The molecule has 1 atom stereocenters. The molecule has 2 aromatic carbocycles. The summed E-state index contributed by atoms with van der Waals surface area (Å²) in [5, 5.41) is 22.2. The highest BCUT2D eigenvalue weighted by molar-refractivity contribution is 6.46. The van der Waals surface area contributed by atoms with Crippen molar-refractivity contribution < 1.29 is 24.4 Å². The van der Waals surface area contributed by atoms with Gasteiger partial charge in [-0.3, -0.25) is 24.7 Å². The summed E-state index contributed by atoms with van der Waals surface area (Å²) in [5.41, 5.74) is 1.22. The van der Waals surface area contributed by atoms with Gasteiger partial charge in [0.25, 0.3) is 17.4 Å². The van der Waals surface area contributed by atoms with Crippen LogP contribution in [-0.4, -0.2) is 38.2 Å². The number of carbonyl (C=O) groups excluding carboxylic acids is 2. The minimum atomic E-state index is -0.951. The fourth-order valence-corrected chi connectivity index (χ4v) is 3.88. The lowest BCUT2D eigenvalue weighted by atomic mass is 9.95. The zero-order valence-corrected chi connectivity index (χ0v) is 18.5. The first-order valence-electron chi connectivity index (χ1n) is 10.7. The molecular weight excluding hydrogens is 450 g/mol. The molecule has 1 saturated heterocycles. The summed E-state index contributed by atoms with van der Waals surface area (Å²) in [7, 11) is 0. The number of likely N-dealkylation sites (tertiary alicyclic amines) is 1. The van der Waals surface area contributed by atoms with Gasteiger partial charge in [-0.25, -0.2) is 0 Å². The van der Waals surface area contributed by atoms with Crippen molar-refractivity contribution in [3.8, 4) is 5.75 Å². The van der Waals surface area contributed by atoms with Crippen LogP contribution < -0.4 is 4.74 Å². The Balaban J connectivity index is 1.79. The highest BCUT2D eigenvalue weighted by Crippen LogP contribution is 2.40. The Kier molecular flexibility index (Phi) is 6.68. The predicted octanol–water partition coefficient (Wildman–Crippen LogP) is 4.18. The maximum atomic E-state index is 13.1. The molecule has 0 spiro atoms. The van der Waals surface area contributed by atoms with Crippen molar-refractivity contribution in [1.82, 2.24) is 9.88 Å². The molecule has 0 aliphatic carbocycles. The van der Waals surface area contributed by atoms with Gasteiger partial charge in [-0.05, 0) is 53.6 Å². The first-order chi connectivity index (χ1) is 16.9. The number of Topliss-reactive ketones (excluding diaryl/α,β-unsaturated/α-hetero) is 1. The summed E-state index contributed by atoms with van der Waals surface area (Å²) < 4.78 is 5.45. The number of aliphatic hydroxyl groups excluding tert-OH is 1. The van der Waals surface area contributed by atoms with Crippen molar-refractivity contribution >= 4 is 23.1 Å². The molecule has 9 heteroatoms.